The van der Waals surface area contributed by atoms with Crippen LogP contribution in [-0.2, 0) is 22.4 Å². The number of halogens is 3. The lowest BCUT2D eigenvalue weighted by atomic mass is 9.81. The molecule has 2 saturated heterocycles. The lowest BCUT2D eigenvalue weighted by molar-refractivity contribution is -0.141. The van der Waals surface area contributed by atoms with Crippen molar-refractivity contribution in [2.24, 2.45) is 11.3 Å². The molecule has 8 heteroatoms. The first-order chi connectivity index (χ1) is 11.6. The Hall–Kier alpha value is -1.15. The molecule has 0 unspecified atom stereocenters. The first-order valence-electron chi connectivity index (χ1n) is 8.52. The van der Waals surface area contributed by atoms with Gasteiger partial charge in [-0.05, 0) is 49.9 Å². The first kappa shape index (κ1) is 18.6. The van der Waals surface area contributed by atoms with Crippen LogP contribution in [0.3, 0.4) is 0 Å². The van der Waals surface area contributed by atoms with Gasteiger partial charge in [0.1, 0.15) is 5.69 Å². The van der Waals surface area contributed by atoms with Crippen molar-refractivity contribution in [2.75, 3.05) is 31.1 Å². The van der Waals surface area contributed by atoms with Crippen molar-refractivity contribution in [3.8, 4) is 0 Å². The average molecular weight is 376 g/mol. The molecule has 3 rings (SSSR count). The molecule has 0 saturated carbocycles. The third-order valence-corrected chi connectivity index (χ3v) is 7.34. The maximum atomic E-state index is 12.5. The third kappa shape index (κ3) is 4.53. The van der Waals surface area contributed by atoms with Gasteiger partial charge in [-0.3, -0.25) is 4.98 Å². The summed E-state index contributed by atoms with van der Waals surface area (Å²) in [6.45, 7) is 4.73. The van der Waals surface area contributed by atoms with Gasteiger partial charge in [0.15, 0.2) is 9.84 Å². The molecular formula is C17H23F3N2O2S. The molecule has 1 aromatic rings. The van der Waals surface area contributed by atoms with Gasteiger partial charge in [-0.1, -0.05) is 13.0 Å². The number of hydrogen-bond donors (Lipinski definition) is 0. The van der Waals surface area contributed by atoms with Gasteiger partial charge in [0.05, 0.1) is 11.5 Å². The van der Waals surface area contributed by atoms with Gasteiger partial charge in [0, 0.05) is 18.2 Å². The van der Waals surface area contributed by atoms with Gasteiger partial charge in [0.25, 0.3) is 0 Å². The summed E-state index contributed by atoms with van der Waals surface area (Å²) in [5.74, 6) is 0.971. The molecule has 0 aliphatic carbocycles. The Balaban J connectivity index is 1.46. The maximum Gasteiger partial charge on any atom is 0.433 e. The molecule has 0 radical (unpaired) electrons. The van der Waals surface area contributed by atoms with E-state index >= 15 is 0 Å². The summed E-state index contributed by atoms with van der Waals surface area (Å²) < 4.78 is 60.4. The van der Waals surface area contributed by atoms with E-state index < -0.39 is 21.7 Å². The maximum absolute atomic E-state index is 12.5. The monoisotopic (exact) mass is 376 g/mol. The Morgan fingerprint density at radius 3 is 2.36 bits per heavy atom. The van der Waals surface area contributed by atoms with Gasteiger partial charge in [-0.2, -0.15) is 13.2 Å². The number of alkyl halides is 3. The predicted molar refractivity (Wildman–Crippen MR) is 88.9 cm³/mol. The van der Waals surface area contributed by atoms with E-state index in [4.69, 9.17) is 0 Å². The Bertz CT molecular complexity index is 694. The van der Waals surface area contributed by atoms with Gasteiger partial charge < -0.3 is 4.90 Å². The summed E-state index contributed by atoms with van der Waals surface area (Å²) in [7, 11) is -2.79. The van der Waals surface area contributed by atoms with Crippen LogP contribution in [0.1, 0.15) is 31.0 Å². The normalized spacial score (nSPS) is 24.0. The van der Waals surface area contributed by atoms with Crippen LogP contribution in [0.15, 0.2) is 18.3 Å². The van der Waals surface area contributed by atoms with Crippen molar-refractivity contribution in [3.05, 3.63) is 29.6 Å². The summed E-state index contributed by atoms with van der Waals surface area (Å²) in [6.07, 6.45) is -0.574. The number of sulfone groups is 1. The molecule has 0 aromatic carbocycles. The van der Waals surface area contributed by atoms with E-state index in [1.54, 1.807) is 0 Å². The average Bonchev–Trinajstić information content (AvgIpc) is 2.47. The molecule has 1 spiro atoms. The van der Waals surface area contributed by atoms with Crippen LogP contribution in [0, 0.1) is 11.3 Å². The van der Waals surface area contributed by atoms with E-state index in [0.29, 0.717) is 23.8 Å². The number of pyridine rings is 1. The smallest absolute Gasteiger partial charge is 0.303 e. The van der Waals surface area contributed by atoms with E-state index in [1.807, 2.05) is 0 Å². The van der Waals surface area contributed by atoms with Crippen molar-refractivity contribution >= 4 is 9.84 Å². The Labute approximate surface area is 146 Å². The zero-order chi connectivity index (χ0) is 18.3. The minimum atomic E-state index is -4.40. The summed E-state index contributed by atoms with van der Waals surface area (Å²) in [5, 5.41) is 0. The fraction of sp³-hybridized carbons (Fsp3) is 0.706. The largest absolute Gasteiger partial charge is 0.433 e. The minimum absolute atomic E-state index is 0.00984. The highest BCUT2D eigenvalue weighted by Gasteiger charge is 2.49. The van der Waals surface area contributed by atoms with Crippen molar-refractivity contribution in [1.29, 1.82) is 0 Å². The first-order valence-corrected chi connectivity index (χ1v) is 10.3. The van der Waals surface area contributed by atoms with Gasteiger partial charge in [-0.25, -0.2) is 8.42 Å². The van der Waals surface area contributed by atoms with E-state index in [0.717, 1.165) is 44.1 Å². The SMILES string of the molecule is C[C@H](Cc1ccc(C(F)(F)F)nc1)CN1CCC2(CC1)CS(=O)(=O)C2. The second kappa shape index (κ2) is 6.54. The summed E-state index contributed by atoms with van der Waals surface area (Å²) in [4.78, 5) is 5.84. The molecule has 2 aliphatic rings. The van der Waals surface area contributed by atoms with E-state index in [2.05, 4.69) is 16.8 Å². The fourth-order valence-corrected chi connectivity index (χ4v) is 6.37. The zero-order valence-electron chi connectivity index (χ0n) is 14.2. The van der Waals surface area contributed by atoms with Crippen molar-refractivity contribution in [2.45, 2.75) is 32.4 Å². The van der Waals surface area contributed by atoms with Crippen LogP contribution in [-0.4, -0.2) is 49.4 Å². The summed E-state index contributed by atoms with van der Waals surface area (Å²) in [5.41, 5.74) is -0.0459. The number of aromatic nitrogens is 1. The lowest BCUT2D eigenvalue weighted by Crippen LogP contribution is -2.55. The van der Waals surface area contributed by atoms with Crippen LogP contribution in [0.5, 0.6) is 0 Å². The summed E-state index contributed by atoms with van der Waals surface area (Å²) in [6, 6.07) is 2.53. The highest BCUT2D eigenvalue weighted by molar-refractivity contribution is 7.92. The number of likely N-dealkylation sites (tertiary alicyclic amines) is 1. The predicted octanol–water partition coefficient (Wildman–Crippen LogP) is 2.79. The van der Waals surface area contributed by atoms with E-state index in [9.17, 15) is 21.6 Å². The summed E-state index contributed by atoms with van der Waals surface area (Å²) >= 11 is 0. The molecule has 140 valence electrons. The Kier molecular flexibility index (Phi) is 4.87. The Morgan fingerprint density at radius 2 is 1.88 bits per heavy atom. The van der Waals surface area contributed by atoms with Crippen LogP contribution >= 0.6 is 0 Å². The molecule has 0 amide bonds. The second-order valence-corrected chi connectivity index (χ2v) is 9.76. The molecule has 25 heavy (non-hydrogen) atoms. The fourth-order valence-electron chi connectivity index (χ4n) is 4.01. The molecule has 3 heterocycles. The molecule has 2 fully saturated rings. The van der Waals surface area contributed by atoms with Crippen molar-refractivity contribution in [1.82, 2.24) is 9.88 Å². The number of hydrogen-bond acceptors (Lipinski definition) is 4. The molecule has 4 nitrogen and oxygen atoms in total. The highest BCUT2D eigenvalue weighted by atomic mass is 32.2. The third-order valence-electron chi connectivity index (χ3n) is 5.24. The second-order valence-electron chi connectivity index (χ2n) is 7.69. The number of piperidine rings is 1. The number of nitrogens with zero attached hydrogens (tertiary/aromatic N) is 2. The van der Waals surface area contributed by atoms with Crippen molar-refractivity contribution in [3.63, 3.8) is 0 Å². The van der Waals surface area contributed by atoms with E-state index in [1.165, 1.54) is 12.3 Å². The topological polar surface area (TPSA) is 50.3 Å². The Morgan fingerprint density at radius 1 is 1.24 bits per heavy atom. The molecule has 1 atom stereocenters. The zero-order valence-corrected chi connectivity index (χ0v) is 15.0. The molecule has 0 N–H and O–H groups in total. The standard InChI is InChI=1S/C17H23F3N2O2S/c1-13(8-14-2-3-15(21-9-14)17(18,19)20)10-22-6-4-16(5-7-22)11-25(23,24)12-16/h2-3,9,13H,4-8,10-12H2,1H3/t13-/m1/s1. The quantitative estimate of drug-likeness (QED) is 0.811. The van der Waals surface area contributed by atoms with Crippen LogP contribution in [0.25, 0.3) is 0 Å². The molecule has 2 aliphatic heterocycles. The molecular weight excluding hydrogens is 353 g/mol. The van der Waals surface area contributed by atoms with Gasteiger partial charge in [0.2, 0.25) is 0 Å². The highest BCUT2D eigenvalue weighted by Crippen LogP contribution is 2.42. The van der Waals surface area contributed by atoms with E-state index in [-0.39, 0.29) is 5.41 Å². The molecule has 0 bridgehead atoms. The van der Waals surface area contributed by atoms with Gasteiger partial charge >= 0.3 is 6.18 Å². The lowest BCUT2D eigenvalue weighted by Gasteiger charge is -2.47. The van der Waals surface area contributed by atoms with Crippen LogP contribution < -0.4 is 0 Å². The minimum Gasteiger partial charge on any atom is -0.303 e. The van der Waals surface area contributed by atoms with Crippen LogP contribution in [0.4, 0.5) is 13.2 Å². The van der Waals surface area contributed by atoms with Crippen molar-refractivity contribution < 1.29 is 21.6 Å². The van der Waals surface area contributed by atoms with Crippen LogP contribution in [0.2, 0.25) is 0 Å². The molecule has 1 aromatic heterocycles. The number of rotatable bonds is 4. The van der Waals surface area contributed by atoms with Gasteiger partial charge in [-0.15, -0.1) is 0 Å².